The molecule has 2 heterocycles. The van der Waals surface area contributed by atoms with Gasteiger partial charge in [0.2, 0.25) is 0 Å². The fourth-order valence-corrected chi connectivity index (χ4v) is 2.40. The lowest BCUT2D eigenvalue weighted by molar-refractivity contribution is -0.123. The van der Waals surface area contributed by atoms with Gasteiger partial charge in [0.1, 0.15) is 5.75 Å². The van der Waals surface area contributed by atoms with Crippen LogP contribution in [0.3, 0.4) is 0 Å². The normalized spacial score (nSPS) is 12.1. The van der Waals surface area contributed by atoms with Crippen LogP contribution in [0.25, 0.3) is 5.65 Å². The quantitative estimate of drug-likeness (QED) is 0.781. The minimum atomic E-state index is -0.297. The lowest BCUT2D eigenvalue weighted by Gasteiger charge is -2.13. The molecule has 0 aliphatic heterocycles. The number of halogens is 1. The number of amides is 1. The van der Waals surface area contributed by atoms with Crippen LogP contribution in [0.15, 0.2) is 48.7 Å². The minimum absolute atomic E-state index is 0.120. The smallest absolute Gasteiger partial charge is 0.258 e. The van der Waals surface area contributed by atoms with Crippen LogP contribution in [-0.2, 0) is 4.79 Å². The van der Waals surface area contributed by atoms with Gasteiger partial charge in [-0.1, -0.05) is 29.8 Å². The number of nitrogens with zero attached hydrogens (tertiary/aromatic N) is 3. The third kappa shape index (κ3) is 3.43. The van der Waals surface area contributed by atoms with Crippen LogP contribution in [0.5, 0.6) is 5.75 Å². The predicted molar refractivity (Wildman–Crippen MR) is 86.5 cm³/mol. The molecule has 1 aromatic carbocycles. The molecule has 7 heteroatoms. The lowest BCUT2D eigenvalue weighted by Crippen LogP contribution is -2.32. The Kier molecular flexibility index (Phi) is 4.43. The first kappa shape index (κ1) is 15.3. The van der Waals surface area contributed by atoms with Gasteiger partial charge in [-0.05, 0) is 31.2 Å². The summed E-state index contributed by atoms with van der Waals surface area (Å²) in [6, 6.07) is 12.3. The summed E-state index contributed by atoms with van der Waals surface area (Å²) in [7, 11) is 0. The Morgan fingerprint density at radius 2 is 2.04 bits per heavy atom. The molecule has 0 saturated carbocycles. The summed E-state index contributed by atoms with van der Waals surface area (Å²) in [6.07, 6.45) is 1.85. The van der Waals surface area contributed by atoms with Crippen molar-refractivity contribution in [3.8, 4) is 5.75 Å². The van der Waals surface area contributed by atoms with Gasteiger partial charge in [-0.25, -0.2) is 0 Å². The Labute approximate surface area is 138 Å². The summed E-state index contributed by atoms with van der Waals surface area (Å²) in [6.45, 7) is 1.72. The molecule has 23 heavy (non-hydrogen) atoms. The van der Waals surface area contributed by atoms with Crippen molar-refractivity contribution in [3.63, 3.8) is 0 Å². The van der Waals surface area contributed by atoms with Crippen molar-refractivity contribution in [1.29, 1.82) is 0 Å². The van der Waals surface area contributed by atoms with E-state index in [4.69, 9.17) is 16.3 Å². The van der Waals surface area contributed by atoms with Gasteiger partial charge < -0.3 is 10.1 Å². The van der Waals surface area contributed by atoms with E-state index in [2.05, 4.69) is 15.5 Å². The number of carbonyl (C=O) groups excluding carboxylic acids is 1. The van der Waals surface area contributed by atoms with Gasteiger partial charge in [0.15, 0.2) is 18.1 Å². The molecule has 0 saturated heterocycles. The van der Waals surface area contributed by atoms with Gasteiger partial charge in [0.05, 0.1) is 11.1 Å². The Bertz CT molecular complexity index is 834. The zero-order valence-corrected chi connectivity index (χ0v) is 13.2. The van der Waals surface area contributed by atoms with E-state index in [0.29, 0.717) is 16.6 Å². The van der Waals surface area contributed by atoms with Gasteiger partial charge in [-0.15, -0.1) is 10.2 Å². The van der Waals surface area contributed by atoms with Crippen LogP contribution >= 0.6 is 11.6 Å². The molecule has 1 atom stereocenters. The Balaban J connectivity index is 1.62. The maximum absolute atomic E-state index is 12.0. The predicted octanol–water partition coefficient (Wildman–Crippen LogP) is 2.64. The van der Waals surface area contributed by atoms with Crippen LogP contribution in [0.2, 0.25) is 5.02 Å². The number of rotatable bonds is 5. The number of carbonyl (C=O) groups is 1. The molecule has 2 aromatic heterocycles. The Morgan fingerprint density at radius 1 is 1.26 bits per heavy atom. The average Bonchev–Trinajstić information content (AvgIpc) is 2.98. The number of para-hydroxylation sites is 1. The molecule has 6 nitrogen and oxygen atoms in total. The van der Waals surface area contributed by atoms with E-state index in [-0.39, 0.29) is 18.6 Å². The van der Waals surface area contributed by atoms with Crippen LogP contribution in [0, 0.1) is 0 Å². The van der Waals surface area contributed by atoms with E-state index >= 15 is 0 Å². The maximum atomic E-state index is 12.0. The zero-order valence-electron chi connectivity index (χ0n) is 12.4. The summed E-state index contributed by atoms with van der Waals surface area (Å²) >= 11 is 5.98. The Morgan fingerprint density at radius 3 is 2.87 bits per heavy atom. The van der Waals surface area contributed by atoms with Crippen molar-refractivity contribution in [2.45, 2.75) is 13.0 Å². The molecular formula is C16H15ClN4O2. The van der Waals surface area contributed by atoms with Gasteiger partial charge in [0, 0.05) is 6.20 Å². The molecule has 1 unspecified atom stereocenters. The highest BCUT2D eigenvalue weighted by molar-refractivity contribution is 6.32. The van der Waals surface area contributed by atoms with Crippen molar-refractivity contribution in [1.82, 2.24) is 19.9 Å². The molecule has 0 aliphatic rings. The highest BCUT2D eigenvalue weighted by atomic mass is 35.5. The number of nitrogens with one attached hydrogen (secondary N) is 1. The molecule has 0 fully saturated rings. The van der Waals surface area contributed by atoms with Gasteiger partial charge in [0.25, 0.3) is 5.91 Å². The molecule has 0 spiro atoms. The number of benzene rings is 1. The second-order valence-electron chi connectivity index (χ2n) is 5.00. The van der Waals surface area contributed by atoms with Gasteiger partial charge in [-0.2, -0.15) is 0 Å². The molecule has 3 rings (SSSR count). The number of ether oxygens (including phenoxy) is 1. The number of pyridine rings is 1. The summed E-state index contributed by atoms with van der Waals surface area (Å²) < 4.78 is 7.25. The average molecular weight is 331 g/mol. The standard InChI is InChI=1S/C16H15ClN4O2/c1-11(16-20-19-14-8-4-5-9-21(14)16)18-15(22)10-23-13-7-3-2-6-12(13)17/h2-9,11H,10H2,1H3,(H,18,22). The lowest BCUT2D eigenvalue weighted by atomic mass is 10.3. The molecule has 1 N–H and O–H groups in total. The molecular weight excluding hydrogens is 316 g/mol. The first-order valence-electron chi connectivity index (χ1n) is 7.11. The van der Waals surface area contributed by atoms with E-state index in [0.717, 1.165) is 5.65 Å². The van der Waals surface area contributed by atoms with Crippen LogP contribution in [0.4, 0.5) is 0 Å². The van der Waals surface area contributed by atoms with Gasteiger partial charge >= 0.3 is 0 Å². The molecule has 0 aliphatic carbocycles. The Hall–Kier alpha value is -2.60. The summed E-state index contributed by atoms with van der Waals surface area (Å²) in [5, 5.41) is 11.5. The van der Waals surface area contributed by atoms with Crippen molar-refractivity contribution in [2.75, 3.05) is 6.61 Å². The minimum Gasteiger partial charge on any atom is -0.482 e. The number of hydrogen-bond acceptors (Lipinski definition) is 4. The van der Waals surface area contributed by atoms with Gasteiger partial charge in [-0.3, -0.25) is 9.20 Å². The van der Waals surface area contributed by atoms with Crippen LogP contribution in [0.1, 0.15) is 18.8 Å². The second kappa shape index (κ2) is 6.66. The first-order chi connectivity index (χ1) is 11.1. The van der Waals surface area contributed by atoms with Crippen molar-refractivity contribution in [3.05, 3.63) is 59.5 Å². The highest BCUT2D eigenvalue weighted by Gasteiger charge is 2.16. The fraction of sp³-hybridized carbons (Fsp3) is 0.188. The highest BCUT2D eigenvalue weighted by Crippen LogP contribution is 2.22. The summed E-state index contributed by atoms with van der Waals surface area (Å²) in [5.41, 5.74) is 0.732. The number of hydrogen-bond donors (Lipinski definition) is 1. The van der Waals surface area contributed by atoms with Crippen molar-refractivity contribution >= 4 is 23.2 Å². The SMILES string of the molecule is CC(NC(=O)COc1ccccc1Cl)c1nnc2ccccn12. The van der Waals surface area contributed by atoms with E-state index in [9.17, 15) is 4.79 Å². The van der Waals surface area contributed by atoms with E-state index in [1.807, 2.05) is 35.7 Å². The van der Waals surface area contributed by atoms with Crippen molar-refractivity contribution in [2.24, 2.45) is 0 Å². The monoisotopic (exact) mass is 330 g/mol. The number of aromatic nitrogens is 3. The van der Waals surface area contributed by atoms with Crippen LogP contribution in [-0.4, -0.2) is 27.1 Å². The molecule has 118 valence electrons. The maximum Gasteiger partial charge on any atom is 0.258 e. The molecule has 1 amide bonds. The summed E-state index contributed by atoms with van der Waals surface area (Å²) in [4.78, 5) is 12.0. The number of fused-ring (bicyclic) bond motifs is 1. The third-order valence-corrected chi connectivity index (χ3v) is 3.61. The molecule has 3 aromatic rings. The van der Waals surface area contributed by atoms with E-state index in [1.165, 1.54) is 0 Å². The van der Waals surface area contributed by atoms with E-state index < -0.39 is 0 Å². The fourth-order valence-electron chi connectivity index (χ4n) is 2.21. The largest absolute Gasteiger partial charge is 0.482 e. The van der Waals surface area contributed by atoms with Crippen LogP contribution < -0.4 is 10.1 Å². The van der Waals surface area contributed by atoms with E-state index in [1.54, 1.807) is 24.3 Å². The molecule has 0 bridgehead atoms. The molecule has 0 radical (unpaired) electrons. The zero-order chi connectivity index (χ0) is 16.2. The first-order valence-corrected chi connectivity index (χ1v) is 7.49. The topological polar surface area (TPSA) is 68.5 Å². The third-order valence-electron chi connectivity index (χ3n) is 3.30. The second-order valence-corrected chi connectivity index (χ2v) is 5.40. The summed E-state index contributed by atoms with van der Waals surface area (Å²) in [5.74, 6) is 0.877. The van der Waals surface area contributed by atoms with Crippen molar-refractivity contribution < 1.29 is 9.53 Å².